The molecular weight excluding hydrogens is 204 g/mol. The van der Waals surface area contributed by atoms with Crippen molar-refractivity contribution in [1.82, 2.24) is 10.5 Å². The molecule has 1 amide bonds. The topological polar surface area (TPSA) is 51.2 Å². The molecule has 0 saturated carbocycles. The third kappa shape index (κ3) is 3.05. The molecule has 14 heavy (non-hydrogen) atoms. The molecule has 0 aliphatic heterocycles. The number of aromatic nitrogens is 1. The SMILES string of the molecule is C#CCONC(=O)c1ccc(Cl)nc1. The van der Waals surface area contributed by atoms with Crippen LogP contribution in [-0.2, 0) is 4.84 Å². The van der Waals surface area contributed by atoms with Crippen molar-refractivity contribution in [1.29, 1.82) is 0 Å². The number of hydrogen-bond acceptors (Lipinski definition) is 3. The minimum absolute atomic E-state index is 0.0206. The summed E-state index contributed by atoms with van der Waals surface area (Å²) in [5.41, 5.74) is 2.51. The summed E-state index contributed by atoms with van der Waals surface area (Å²) < 4.78 is 0. The van der Waals surface area contributed by atoms with Crippen LogP contribution in [0.25, 0.3) is 0 Å². The highest BCUT2D eigenvalue weighted by molar-refractivity contribution is 6.29. The lowest BCUT2D eigenvalue weighted by Crippen LogP contribution is -2.23. The molecule has 5 heteroatoms. The summed E-state index contributed by atoms with van der Waals surface area (Å²) in [5.74, 6) is 1.80. The second-order valence-electron chi connectivity index (χ2n) is 2.29. The first-order chi connectivity index (χ1) is 6.74. The van der Waals surface area contributed by atoms with E-state index in [0.717, 1.165) is 0 Å². The molecule has 4 nitrogen and oxygen atoms in total. The number of rotatable bonds is 3. The van der Waals surface area contributed by atoms with E-state index in [1.54, 1.807) is 0 Å². The predicted molar refractivity (Wildman–Crippen MR) is 51.5 cm³/mol. The van der Waals surface area contributed by atoms with Gasteiger partial charge in [0.1, 0.15) is 11.8 Å². The molecule has 0 unspecified atom stereocenters. The van der Waals surface area contributed by atoms with E-state index in [1.165, 1.54) is 18.3 Å². The van der Waals surface area contributed by atoms with Crippen LogP contribution in [0.1, 0.15) is 10.4 Å². The van der Waals surface area contributed by atoms with E-state index in [4.69, 9.17) is 18.0 Å². The molecule has 1 rings (SSSR count). The molecular formula is C9H7ClN2O2. The number of pyridine rings is 1. The molecule has 0 radical (unpaired) electrons. The van der Waals surface area contributed by atoms with Gasteiger partial charge in [-0.3, -0.25) is 9.63 Å². The maximum absolute atomic E-state index is 11.2. The Morgan fingerprint density at radius 2 is 2.50 bits per heavy atom. The Morgan fingerprint density at radius 1 is 1.71 bits per heavy atom. The quantitative estimate of drug-likeness (QED) is 0.351. The van der Waals surface area contributed by atoms with Crippen molar-refractivity contribution < 1.29 is 9.63 Å². The lowest BCUT2D eigenvalue weighted by molar-refractivity contribution is 0.0438. The van der Waals surface area contributed by atoms with Gasteiger partial charge in [0.15, 0.2) is 0 Å². The number of hydroxylamine groups is 1. The molecule has 72 valence electrons. The lowest BCUT2D eigenvalue weighted by Gasteiger charge is -2.02. The van der Waals surface area contributed by atoms with Crippen molar-refractivity contribution in [3.8, 4) is 12.3 Å². The molecule has 1 heterocycles. The van der Waals surface area contributed by atoms with Gasteiger partial charge in [0.25, 0.3) is 5.91 Å². The van der Waals surface area contributed by atoms with Gasteiger partial charge >= 0.3 is 0 Å². The number of terminal acetylenes is 1. The van der Waals surface area contributed by atoms with Crippen LogP contribution in [0, 0.1) is 12.3 Å². The molecule has 0 saturated heterocycles. The van der Waals surface area contributed by atoms with Crippen molar-refractivity contribution >= 4 is 17.5 Å². The van der Waals surface area contributed by atoms with Crippen LogP contribution in [0.15, 0.2) is 18.3 Å². The average Bonchev–Trinajstić information content (AvgIpc) is 2.19. The number of carbonyl (C=O) groups is 1. The summed E-state index contributed by atoms with van der Waals surface area (Å²) in [4.78, 5) is 19.6. The minimum atomic E-state index is -0.413. The second-order valence-corrected chi connectivity index (χ2v) is 2.68. The van der Waals surface area contributed by atoms with Gasteiger partial charge in [0.2, 0.25) is 0 Å². The lowest BCUT2D eigenvalue weighted by atomic mass is 10.3. The zero-order valence-corrected chi connectivity index (χ0v) is 7.91. The minimum Gasteiger partial charge on any atom is -0.267 e. The fraction of sp³-hybridized carbons (Fsp3) is 0.111. The Balaban J connectivity index is 2.53. The number of nitrogens with zero attached hydrogens (tertiary/aromatic N) is 1. The molecule has 1 N–H and O–H groups in total. The van der Waals surface area contributed by atoms with E-state index in [0.29, 0.717) is 10.7 Å². The Kier molecular flexibility index (Phi) is 3.92. The summed E-state index contributed by atoms with van der Waals surface area (Å²) in [5, 5.41) is 0.325. The number of carbonyl (C=O) groups excluding carboxylic acids is 1. The fourth-order valence-electron chi connectivity index (χ4n) is 0.712. The van der Waals surface area contributed by atoms with E-state index in [9.17, 15) is 4.79 Å². The fourth-order valence-corrected chi connectivity index (χ4v) is 0.824. The molecule has 0 aromatic carbocycles. The van der Waals surface area contributed by atoms with Crippen LogP contribution in [0.5, 0.6) is 0 Å². The van der Waals surface area contributed by atoms with E-state index in [-0.39, 0.29) is 6.61 Å². The largest absolute Gasteiger partial charge is 0.276 e. The zero-order chi connectivity index (χ0) is 10.4. The third-order valence-electron chi connectivity index (χ3n) is 1.31. The van der Waals surface area contributed by atoms with Crippen LogP contribution >= 0.6 is 11.6 Å². The molecule has 1 aromatic heterocycles. The van der Waals surface area contributed by atoms with Gasteiger partial charge in [0, 0.05) is 6.20 Å². The first-order valence-corrected chi connectivity index (χ1v) is 4.09. The highest BCUT2D eigenvalue weighted by Gasteiger charge is 2.04. The summed E-state index contributed by atoms with van der Waals surface area (Å²) >= 11 is 5.54. The van der Waals surface area contributed by atoms with Crippen molar-refractivity contribution in [3.63, 3.8) is 0 Å². The Bertz CT molecular complexity index is 356. The maximum Gasteiger partial charge on any atom is 0.276 e. The normalized spacial score (nSPS) is 9.14. The number of halogens is 1. The second kappa shape index (κ2) is 5.22. The Hall–Kier alpha value is -1.57. The van der Waals surface area contributed by atoms with Crippen molar-refractivity contribution in [2.75, 3.05) is 6.61 Å². The summed E-state index contributed by atoms with van der Waals surface area (Å²) in [7, 11) is 0. The van der Waals surface area contributed by atoms with E-state index in [2.05, 4.69) is 21.2 Å². The van der Waals surface area contributed by atoms with Gasteiger partial charge in [-0.15, -0.1) is 6.42 Å². The Labute approximate surface area is 86.2 Å². The highest BCUT2D eigenvalue weighted by Crippen LogP contribution is 2.04. The van der Waals surface area contributed by atoms with Crippen LogP contribution in [0.4, 0.5) is 0 Å². The molecule has 0 aliphatic rings. The van der Waals surface area contributed by atoms with Crippen molar-refractivity contribution in [3.05, 3.63) is 29.0 Å². The van der Waals surface area contributed by atoms with Gasteiger partial charge in [-0.25, -0.2) is 10.5 Å². The standard InChI is InChI=1S/C9H7ClN2O2/c1-2-5-14-12-9(13)7-3-4-8(10)11-6-7/h1,3-4,6H,5H2,(H,12,13). The van der Waals surface area contributed by atoms with Gasteiger partial charge in [-0.1, -0.05) is 17.5 Å². The number of hydrogen-bond donors (Lipinski definition) is 1. The first kappa shape index (κ1) is 10.5. The van der Waals surface area contributed by atoms with E-state index in [1.807, 2.05) is 0 Å². The first-order valence-electron chi connectivity index (χ1n) is 3.71. The van der Waals surface area contributed by atoms with Crippen molar-refractivity contribution in [2.45, 2.75) is 0 Å². The van der Waals surface area contributed by atoms with Gasteiger partial charge in [-0.2, -0.15) is 0 Å². The molecule has 0 bridgehead atoms. The van der Waals surface area contributed by atoms with Gasteiger partial charge in [-0.05, 0) is 12.1 Å². The molecule has 1 aromatic rings. The van der Waals surface area contributed by atoms with E-state index >= 15 is 0 Å². The smallest absolute Gasteiger partial charge is 0.267 e. The molecule has 0 fully saturated rings. The summed E-state index contributed by atoms with van der Waals surface area (Å²) in [6.07, 6.45) is 6.26. The number of amides is 1. The van der Waals surface area contributed by atoms with Crippen LogP contribution in [-0.4, -0.2) is 17.5 Å². The van der Waals surface area contributed by atoms with Crippen LogP contribution < -0.4 is 5.48 Å². The van der Waals surface area contributed by atoms with E-state index < -0.39 is 5.91 Å². The summed E-state index contributed by atoms with van der Waals surface area (Å²) in [6, 6.07) is 3.04. The van der Waals surface area contributed by atoms with Crippen LogP contribution in [0.3, 0.4) is 0 Å². The zero-order valence-electron chi connectivity index (χ0n) is 7.16. The Morgan fingerprint density at radius 3 is 3.07 bits per heavy atom. The van der Waals surface area contributed by atoms with Gasteiger partial charge < -0.3 is 0 Å². The predicted octanol–water partition coefficient (Wildman–Crippen LogP) is 1.03. The molecule has 0 atom stereocenters. The number of nitrogens with one attached hydrogen (secondary N) is 1. The van der Waals surface area contributed by atoms with Crippen molar-refractivity contribution in [2.24, 2.45) is 0 Å². The highest BCUT2D eigenvalue weighted by atomic mass is 35.5. The average molecular weight is 211 g/mol. The van der Waals surface area contributed by atoms with Crippen LogP contribution in [0.2, 0.25) is 5.15 Å². The third-order valence-corrected chi connectivity index (χ3v) is 1.53. The molecule has 0 spiro atoms. The maximum atomic E-state index is 11.2. The molecule has 0 aliphatic carbocycles. The monoisotopic (exact) mass is 210 g/mol. The van der Waals surface area contributed by atoms with Gasteiger partial charge in [0.05, 0.1) is 5.56 Å². The summed E-state index contributed by atoms with van der Waals surface area (Å²) in [6.45, 7) is 0.0206.